The van der Waals surface area contributed by atoms with Gasteiger partial charge in [0.2, 0.25) is 0 Å². The maximum atomic E-state index is 5.34. The summed E-state index contributed by atoms with van der Waals surface area (Å²) in [5, 5.41) is 0. The van der Waals surface area contributed by atoms with Gasteiger partial charge in [-0.25, -0.2) is 0 Å². The van der Waals surface area contributed by atoms with Crippen LogP contribution in [-0.4, -0.2) is 6.61 Å². The first kappa shape index (κ1) is 12.0. The molecule has 0 bridgehead atoms. The van der Waals surface area contributed by atoms with Crippen LogP contribution in [0.4, 0.5) is 0 Å². The molecular formula is C9H8CuOTa. The molecule has 1 aromatic rings. The predicted molar refractivity (Wildman–Crippen MR) is 41.0 cm³/mol. The van der Waals surface area contributed by atoms with E-state index in [9.17, 15) is 0 Å². The van der Waals surface area contributed by atoms with Crippen molar-refractivity contribution < 1.29 is 44.2 Å². The molecule has 0 amide bonds. The summed E-state index contributed by atoms with van der Waals surface area (Å²) in [6.07, 6.45) is 4.10. The molecule has 1 heterocycles. The second-order valence-corrected chi connectivity index (χ2v) is 2.25. The topological polar surface area (TPSA) is 9.23 Å². The van der Waals surface area contributed by atoms with Crippen LogP contribution >= 0.6 is 0 Å². The van der Waals surface area contributed by atoms with Gasteiger partial charge in [-0.1, -0.05) is 24.3 Å². The minimum atomic E-state index is 0. The zero-order chi connectivity index (χ0) is 6.81. The Labute approximate surface area is 98.2 Å². The van der Waals surface area contributed by atoms with E-state index in [1.165, 1.54) is 5.56 Å². The third kappa shape index (κ3) is 2.51. The van der Waals surface area contributed by atoms with Gasteiger partial charge >= 0.3 is 0 Å². The Bertz CT molecular complexity index is 273. The minimum absolute atomic E-state index is 0. The average Bonchev–Trinajstić information content (AvgIpc) is 2.05. The van der Waals surface area contributed by atoms with E-state index >= 15 is 0 Å². The van der Waals surface area contributed by atoms with Crippen molar-refractivity contribution in [1.82, 2.24) is 0 Å². The monoisotopic (exact) mass is 376 g/mol. The molecule has 2 rings (SSSR count). The molecule has 0 atom stereocenters. The first-order valence-corrected chi connectivity index (χ1v) is 3.35. The molecule has 0 aromatic heterocycles. The van der Waals surface area contributed by atoms with Crippen LogP contribution in [0.1, 0.15) is 5.56 Å². The van der Waals surface area contributed by atoms with Crippen LogP contribution < -0.4 is 4.74 Å². The molecule has 0 saturated carbocycles. The molecule has 0 N–H and O–H groups in total. The van der Waals surface area contributed by atoms with E-state index in [2.05, 4.69) is 6.08 Å². The summed E-state index contributed by atoms with van der Waals surface area (Å²) in [4.78, 5) is 0. The van der Waals surface area contributed by atoms with Crippen LogP contribution in [0.5, 0.6) is 5.75 Å². The summed E-state index contributed by atoms with van der Waals surface area (Å²) < 4.78 is 5.34. The number of para-hydroxylation sites is 1. The second kappa shape index (κ2) is 5.63. The van der Waals surface area contributed by atoms with Crippen molar-refractivity contribution in [3.05, 3.63) is 35.9 Å². The van der Waals surface area contributed by atoms with Crippen molar-refractivity contribution in [2.24, 2.45) is 0 Å². The maximum absolute atomic E-state index is 5.34. The van der Waals surface area contributed by atoms with E-state index in [1.54, 1.807) is 0 Å². The molecule has 2 radical (unpaired) electrons. The van der Waals surface area contributed by atoms with Crippen molar-refractivity contribution in [1.29, 1.82) is 0 Å². The number of rotatable bonds is 0. The molecule has 66 valence electrons. The molecular weight excluding hydrogens is 369 g/mol. The molecule has 1 aliphatic rings. The normalized spacial score (nSPS) is 11.7. The summed E-state index contributed by atoms with van der Waals surface area (Å²) in [5.74, 6) is 0.991. The van der Waals surface area contributed by atoms with Crippen LogP contribution in [0.25, 0.3) is 6.08 Å². The molecule has 0 saturated heterocycles. The van der Waals surface area contributed by atoms with Crippen LogP contribution in [0, 0.1) is 0 Å². The van der Waals surface area contributed by atoms with Crippen LogP contribution in [0.3, 0.4) is 0 Å². The van der Waals surface area contributed by atoms with E-state index in [-0.39, 0.29) is 39.4 Å². The van der Waals surface area contributed by atoms with E-state index in [0.29, 0.717) is 6.61 Å². The summed E-state index contributed by atoms with van der Waals surface area (Å²) in [7, 11) is 0. The number of hydrogen-bond donors (Lipinski definition) is 0. The Morgan fingerprint density at radius 1 is 1.17 bits per heavy atom. The first-order chi connectivity index (χ1) is 4.97. The van der Waals surface area contributed by atoms with Gasteiger partial charge in [-0.05, 0) is 12.1 Å². The zero-order valence-electron chi connectivity index (χ0n) is 6.33. The summed E-state index contributed by atoms with van der Waals surface area (Å²) in [5.41, 5.74) is 1.17. The molecule has 1 aliphatic heterocycles. The van der Waals surface area contributed by atoms with E-state index in [0.717, 1.165) is 5.75 Å². The molecule has 12 heavy (non-hydrogen) atoms. The largest absolute Gasteiger partial charge is 0.489 e. The SMILES string of the molecule is C1=Cc2ccccc2OC1.[Cu].[Ta]. The fourth-order valence-electron chi connectivity index (χ4n) is 1.06. The Kier molecular flexibility index (Phi) is 5.64. The predicted octanol–water partition coefficient (Wildman–Crippen LogP) is 2.09. The Morgan fingerprint density at radius 3 is 2.67 bits per heavy atom. The summed E-state index contributed by atoms with van der Waals surface area (Å²) >= 11 is 0. The molecule has 1 aromatic carbocycles. The van der Waals surface area contributed by atoms with Gasteiger partial charge in [-0.15, -0.1) is 0 Å². The molecule has 0 aliphatic carbocycles. The van der Waals surface area contributed by atoms with Gasteiger partial charge in [0, 0.05) is 45.0 Å². The quantitative estimate of drug-likeness (QED) is 0.630. The van der Waals surface area contributed by atoms with E-state index in [1.807, 2.05) is 30.3 Å². The van der Waals surface area contributed by atoms with Crippen molar-refractivity contribution in [3.8, 4) is 5.75 Å². The molecule has 3 heteroatoms. The Hall–Kier alpha value is 0.0197. The van der Waals surface area contributed by atoms with Gasteiger partial charge in [0.05, 0.1) is 0 Å². The van der Waals surface area contributed by atoms with Gasteiger partial charge in [0.15, 0.2) is 0 Å². The van der Waals surface area contributed by atoms with Crippen LogP contribution in [0.2, 0.25) is 0 Å². The Balaban J connectivity index is 0.000000605. The third-order valence-electron chi connectivity index (χ3n) is 1.55. The van der Waals surface area contributed by atoms with Crippen LogP contribution in [-0.2, 0) is 39.4 Å². The number of ether oxygens (including phenoxy) is 1. The van der Waals surface area contributed by atoms with Gasteiger partial charge in [0.1, 0.15) is 12.4 Å². The standard InChI is InChI=1S/C9H8O.Cu.Ta/c1-2-6-9-8(4-1)5-3-7-10-9;;/h1-6H,7H2;;. The number of fused-ring (bicyclic) bond motifs is 1. The van der Waals surface area contributed by atoms with Gasteiger partial charge < -0.3 is 4.74 Å². The maximum Gasteiger partial charge on any atom is 0.126 e. The van der Waals surface area contributed by atoms with Crippen LogP contribution in [0.15, 0.2) is 30.3 Å². The summed E-state index contributed by atoms with van der Waals surface area (Å²) in [6.45, 7) is 0.705. The van der Waals surface area contributed by atoms with Crippen molar-refractivity contribution in [2.75, 3.05) is 6.61 Å². The number of benzene rings is 1. The third-order valence-corrected chi connectivity index (χ3v) is 1.55. The molecule has 0 fully saturated rings. The van der Waals surface area contributed by atoms with Crippen molar-refractivity contribution >= 4 is 6.08 Å². The van der Waals surface area contributed by atoms with Gasteiger partial charge in [-0.3, -0.25) is 0 Å². The van der Waals surface area contributed by atoms with Gasteiger partial charge in [-0.2, -0.15) is 0 Å². The average molecular weight is 377 g/mol. The summed E-state index contributed by atoms with van der Waals surface area (Å²) in [6, 6.07) is 8.03. The fraction of sp³-hybridized carbons (Fsp3) is 0.111. The Morgan fingerprint density at radius 2 is 1.92 bits per heavy atom. The minimum Gasteiger partial charge on any atom is -0.489 e. The number of hydrogen-bond acceptors (Lipinski definition) is 1. The second-order valence-electron chi connectivity index (χ2n) is 2.25. The molecule has 0 unspecified atom stereocenters. The molecule has 0 spiro atoms. The first-order valence-electron chi connectivity index (χ1n) is 3.35. The van der Waals surface area contributed by atoms with Crippen molar-refractivity contribution in [3.63, 3.8) is 0 Å². The smallest absolute Gasteiger partial charge is 0.126 e. The van der Waals surface area contributed by atoms with E-state index in [4.69, 9.17) is 4.74 Å². The van der Waals surface area contributed by atoms with E-state index < -0.39 is 0 Å². The zero-order valence-corrected chi connectivity index (χ0v) is 10.5. The molecule has 1 nitrogen and oxygen atoms in total. The van der Waals surface area contributed by atoms with Gasteiger partial charge in [0.25, 0.3) is 0 Å². The van der Waals surface area contributed by atoms with Crippen molar-refractivity contribution in [2.45, 2.75) is 0 Å². The fourth-order valence-corrected chi connectivity index (χ4v) is 1.06.